The van der Waals surface area contributed by atoms with E-state index in [1.807, 2.05) is 0 Å². The van der Waals surface area contributed by atoms with Crippen molar-refractivity contribution in [3.8, 4) is 12.5 Å². The maximum absolute atomic E-state index is 10.9. The van der Waals surface area contributed by atoms with E-state index in [2.05, 4.69) is 15.9 Å². The lowest BCUT2D eigenvalue weighted by Crippen LogP contribution is -2.13. The van der Waals surface area contributed by atoms with Gasteiger partial charge in [0.1, 0.15) is 6.11 Å². The van der Waals surface area contributed by atoms with Gasteiger partial charge in [0.2, 0.25) is 5.76 Å². The Bertz CT molecular complexity index is 308. The van der Waals surface area contributed by atoms with Crippen LogP contribution in [0.2, 0.25) is 0 Å². The molecule has 1 N–H and O–H groups in total. The molecule has 0 aromatic rings. The first kappa shape index (κ1) is 12.0. The second-order valence-corrected chi connectivity index (χ2v) is 2.20. The molecule has 0 bridgehead atoms. The number of ether oxygens (including phenoxy) is 2. The second kappa shape index (κ2) is 5.65. The Morgan fingerprint density at radius 1 is 1.43 bits per heavy atom. The lowest BCUT2D eigenvalue weighted by Gasteiger charge is -2.02. The van der Waals surface area contributed by atoms with Crippen LogP contribution in [0, 0.1) is 12.5 Å². The zero-order valence-electron chi connectivity index (χ0n) is 7.86. The van der Waals surface area contributed by atoms with E-state index in [1.54, 1.807) is 13.0 Å². The lowest BCUT2D eigenvalue weighted by molar-refractivity contribution is -0.142. The van der Waals surface area contributed by atoms with E-state index in [-0.39, 0.29) is 12.2 Å². The molecule has 5 heteroatoms. The van der Waals surface area contributed by atoms with Crippen molar-refractivity contribution in [2.45, 2.75) is 13.8 Å². The third-order valence-electron chi connectivity index (χ3n) is 1.28. The molecule has 0 amide bonds. The molecule has 0 unspecified atom stereocenters. The monoisotopic (exact) mass is 198 g/mol. The SMILES string of the molecule is C#COC(=O)/C(C)=C(\O)C(=O)OCC. The minimum absolute atomic E-state index is 0.0976. The van der Waals surface area contributed by atoms with Crippen molar-refractivity contribution in [2.75, 3.05) is 6.61 Å². The summed E-state index contributed by atoms with van der Waals surface area (Å²) in [7, 11) is 0. The van der Waals surface area contributed by atoms with Crippen molar-refractivity contribution in [3.63, 3.8) is 0 Å². The molecule has 0 fully saturated rings. The van der Waals surface area contributed by atoms with Gasteiger partial charge in [-0.05, 0) is 13.8 Å². The number of carbonyl (C=O) groups is 2. The molecule has 0 aliphatic heterocycles. The Balaban J connectivity index is 4.67. The Hall–Kier alpha value is -1.96. The van der Waals surface area contributed by atoms with Gasteiger partial charge < -0.3 is 14.6 Å². The first-order valence-corrected chi connectivity index (χ1v) is 3.78. The zero-order valence-corrected chi connectivity index (χ0v) is 7.86. The molecular formula is C9H10O5. The van der Waals surface area contributed by atoms with Crippen LogP contribution in [0.25, 0.3) is 0 Å². The number of aliphatic hydroxyl groups is 1. The highest BCUT2D eigenvalue weighted by Gasteiger charge is 2.18. The average molecular weight is 198 g/mol. The summed E-state index contributed by atoms with van der Waals surface area (Å²) in [5, 5.41) is 9.15. The molecule has 0 heterocycles. The Labute approximate surface area is 81.3 Å². The van der Waals surface area contributed by atoms with Gasteiger partial charge in [0.15, 0.2) is 0 Å². The minimum atomic E-state index is -0.987. The van der Waals surface area contributed by atoms with Crippen LogP contribution in [0.5, 0.6) is 0 Å². The van der Waals surface area contributed by atoms with E-state index >= 15 is 0 Å². The molecule has 0 radical (unpaired) electrons. The fourth-order valence-electron chi connectivity index (χ4n) is 0.579. The van der Waals surface area contributed by atoms with E-state index in [0.717, 1.165) is 0 Å². The van der Waals surface area contributed by atoms with Crippen LogP contribution in [0.1, 0.15) is 13.8 Å². The van der Waals surface area contributed by atoms with Gasteiger partial charge in [-0.1, -0.05) is 6.42 Å². The normalized spacial score (nSPS) is 10.9. The molecule has 14 heavy (non-hydrogen) atoms. The predicted octanol–water partition coefficient (Wildman–Crippen LogP) is 0.515. The maximum Gasteiger partial charge on any atom is 0.373 e. The fourth-order valence-corrected chi connectivity index (χ4v) is 0.579. The van der Waals surface area contributed by atoms with E-state index in [1.165, 1.54) is 6.92 Å². The third-order valence-corrected chi connectivity index (χ3v) is 1.28. The number of terminal acetylenes is 1. The number of esters is 2. The summed E-state index contributed by atoms with van der Waals surface area (Å²) < 4.78 is 8.56. The number of carbonyl (C=O) groups excluding carboxylic acids is 2. The first-order valence-electron chi connectivity index (χ1n) is 3.78. The van der Waals surface area contributed by atoms with Gasteiger partial charge in [-0.25, -0.2) is 9.59 Å². The van der Waals surface area contributed by atoms with Crippen LogP contribution in [0.15, 0.2) is 11.3 Å². The largest absolute Gasteiger partial charge is 0.501 e. The van der Waals surface area contributed by atoms with Crippen molar-refractivity contribution in [3.05, 3.63) is 11.3 Å². The molecular weight excluding hydrogens is 188 g/mol. The highest BCUT2D eigenvalue weighted by Crippen LogP contribution is 2.04. The molecule has 5 nitrogen and oxygen atoms in total. The van der Waals surface area contributed by atoms with Crippen molar-refractivity contribution in [1.29, 1.82) is 0 Å². The first-order chi connectivity index (χ1) is 6.54. The summed E-state index contributed by atoms with van der Waals surface area (Å²) in [6, 6.07) is 0. The minimum Gasteiger partial charge on any atom is -0.501 e. The molecule has 0 aliphatic carbocycles. The molecule has 76 valence electrons. The van der Waals surface area contributed by atoms with Crippen molar-refractivity contribution < 1.29 is 24.2 Å². The summed E-state index contributed by atoms with van der Waals surface area (Å²) in [6.45, 7) is 2.87. The summed E-state index contributed by atoms with van der Waals surface area (Å²) in [6.07, 6.45) is 6.32. The second-order valence-electron chi connectivity index (χ2n) is 2.20. The lowest BCUT2D eigenvalue weighted by atomic mass is 10.2. The van der Waals surface area contributed by atoms with Gasteiger partial charge in [-0.2, -0.15) is 0 Å². The van der Waals surface area contributed by atoms with Gasteiger partial charge in [-0.3, -0.25) is 0 Å². The van der Waals surface area contributed by atoms with Gasteiger partial charge in [0.05, 0.1) is 12.2 Å². The Morgan fingerprint density at radius 3 is 2.43 bits per heavy atom. The molecule has 0 aliphatic rings. The fraction of sp³-hybridized carbons (Fsp3) is 0.333. The van der Waals surface area contributed by atoms with Crippen molar-refractivity contribution in [2.24, 2.45) is 0 Å². The molecule has 0 aromatic heterocycles. The molecule has 0 aromatic carbocycles. The number of aliphatic hydroxyl groups excluding tert-OH is 1. The smallest absolute Gasteiger partial charge is 0.373 e. The summed E-state index contributed by atoms with van der Waals surface area (Å²) in [5.74, 6) is -2.75. The predicted molar refractivity (Wildman–Crippen MR) is 46.9 cm³/mol. The van der Waals surface area contributed by atoms with Crippen LogP contribution < -0.4 is 0 Å². The topological polar surface area (TPSA) is 72.8 Å². The highest BCUT2D eigenvalue weighted by molar-refractivity contribution is 5.98. The summed E-state index contributed by atoms with van der Waals surface area (Å²) in [5.41, 5.74) is -0.290. The van der Waals surface area contributed by atoms with E-state index < -0.39 is 17.7 Å². The van der Waals surface area contributed by atoms with E-state index in [9.17, 15) is 9.59 Å². The Kier molecular flexibility index (Phi) is 4.86. The highest BCUT2D eigenvalue weighted by atomic mass is 16.5. The average Bonchev–Trinajstić information content (AvgIpc) is 2.16. The molecule has 0 saturated heterocycles. The number of hydrogen-bond donors (Lipinski definition) is 1. The Morgan fingerprint density at radius 2 is 2.00 bits per heavy atom. The van der Waals surface area contributed by atoms with Crippen LogP contribution >= 0.6 is 0 Å². The van der Waals surface area contributed by atoms with Gasteiger partial charge in [-0.15, -0.1) is 0 Å². The van der Waals surface area contributed by atoms with Gasteiger partial charge >= 0.3 is 11.9 Å². The molecule has 0 saturated carbocycles. The zero-order chi connectivity index (χ0) is 11.1. The van der Waals surface area contributed by atoms with Gasteiger partial charge in [0.25, 0.3) is 0 Å². The van der Waals surface area contributed by atoms with Gasteiger partial charge in [0, 0.05) is 0 Å². The number of hydrogen-bond acceptors (Lipinski definition) is 5. The van der Waals surface area contributed by atoms with Crippen LogP contribution in [-0.2, 0) is 19.1 Å². The van der Waals surface area contributed by atoms with Crippen LogP contribution in [0.4, 0.5) is 0 Å². The van der Waals surface area contributed by atoms with Crippen LogP contribution in [0.3, 0.4) is 0 Å². The standard InChI is InChI=1S/C9H10O5/c1-4-13-8(11)6(3)7(10)9(12)14-5-2/h1,10H,5H2,2-3H3/b7-6-. The van der Waals surface area contributed by atoms with E-state index in [4.69, 9.17) is 5.11 Å². The molecule has 0 atom stereocenters. The summed E-state index contributed by atoms with van der Waals surface area (Å²) in [4.78, 5) is 21.8. The summed E-state index contributed by atoms with van der Waals surface area (Å²) >= 11 is 0. The quantitative estimate of drug-likeness (QED) is 0.309. The third kappa shape index (κ3) is 3.19. The number of rotatable bonds is 3. The molecule has 0 rings (SSSR count). The van der Waals surface area contributed by atoms with Crippen molar-refractivity contribution in [1.82, 2.24) is 0 Å². The molecule has 0 spiro atoms. The van der Waals surface area contributed by atoms with Crippen molar-refractivity contribution >= 4 is 11.9 Å². The van der Waals surface area contributed by atoms with E-state index in [0.29, 0.717) is 0 Å². The van der Waals surface area contributed by atoms with Crippen LogP contribution in [-0.4, -0.2) is 23.7 Å². The maximum atomic E-state index is 10.9.